The van der Waals surface area contributed by atoms with Gasteiger partial charge < -0.3 is 9.47 Å². The van der Waals surface area contributed by atoms with Crippen LogP contribution in [0, 0.1) is 0 Å². The third kappa shape index (κ3) is 6.52. The molecule has 0 unspecified atom stereocenters. The molecule has 12 aromatic rings. The van der Waals surface area contributed by atoms with Gasteiger partial charge in [0.25, 0.3) is 0 Å². The zero-order valence-corrected chi connectivity index (χ0v) is 35.1. The van der Waals surface area contributed by atoms with Crippen LogP contribution < -0.4 is 4.90 Å². The molecule has 0 spiro atoms. The van der Waals surface area contributed by atoms with Gasteiger partial charge in [0.05, 0.1) is 11.0 Å². The van der Waals surface area contributed by atoms with Gasteiger partial charge in [0.2, 0.25) is 0 Å². The van der Waals surface area contributed by atoms with E-state index >= 15 is 0 Å². The lowest BCUT2D eigenvalue weighted by molar-refractivity contribution is 1.18. The van der Waals surface area contributed by atoms with Gasteiger partial charge in [-0.3, -0.25) is 0 Å². The number of aromatic nitrogens is 1. The van der Waals surface area contributed by atoms with Crippen LogP contribution in [-0.4, -0.2) is 4.57 Å². The van der Waals surface area contributed by atoms with E-state index in [0.29, 0.717) is 0 Å². The zero-order valence-electron chi connectivity index (χ0n) is 35.1. The fourth-order valence-electron chi connectivity index (χ4n) is 9.77. The van der Waals surface area contributed by atoms with E-state index in [1.54, 1.807) is 0 Å². The number of nitrogens with zero attached hydrogens (tertiary/aromatic N) is 2. The number of rotatable bonds is 8. The van der Waals surface area contributed by atoms with Crippen molar-refractivity contribution in [3.05, 3.63) is 255 Å². The standard InChI is InChI=1S/C62H42N2/c1-2-14-45(15-3-1)56-26-12-18-48-19-13-27-57(62(48)56)47-34-40-52(41-35-47)63(51-38-32-46(33-39-51)55-25-11-17-44-16-4-5-22-54(44)55)50-36-30-43(31-37-50)49-20-10-21-53(42-49)64-60-28-8-6-23-58(60)59-24-7-9-29-61(59)64/h1-42H. The Morgan fingerprint density at radius 2 is 0.688 bits per heavy atom. The van der Waals surface area contributed by atoms with Crippen molar-refractivity contribution in [1.29, 1.82) is 0 Å². The Hall–Kier alpha value is -8.46. The van der Waals surface area contributed by atoms with E-state index < -0.39 is 0 Å². The van der Waals surface area contributed by atoms with Crippen molar-refractivity contribution in [3.8, 4) is 50.2 Å². The molecule has 11 aromatic carbocycles. The van der Waals surface area contributed by atoms with E-state index in [0.717, 1.165) is 28.3 Å². The summed E-state index contributed by atoms with van der Waals surface area (Å²) < 4.78 is 2.39. The maximum atomic E-state index is 2.39. The first-order valence-electron chi connectivity index (χ1n) is 22.0. The highest BCUT2D eigenvalue weighted by Crippen LogP contribution is 2.41. The van der Waals surface area contributed by atoms with E-state index in [4.69, 9.17) is 0 Å². The SMILES string of the molecule is c1ccc(-c2cccc3cccc(-c4ccc(N(c5ccc(-c6cccc(-n7c8ccccc8c8ccccc87)c6)cc5)c5ccc(-c6cccc7ccccc67)cc5)cc4)c23)cc1. The lowest BCUT2D eigenvalue weighted by Crippen LogP contribution is -2.09. The number of hydrogen-bond donors (Lipinski definition) is 0. The fraction of sp³-hybridized carbons (Fsp3) is 0. The van der Waals surface area contributed by atoms with Crippen LogP contribution in [0.1, 0.15) is 0 Å². The molecule has 12 rings (SSSR count). The predicted octanol–water partition coefficient (Wildman–Crippen LogP) is 17.2. The molecule has 0 N–H and O–H groups in total. The summed E-state index contributed by atoms with van der Waals surface area (Å²) in [6.45, 7) is 0. The normalized spacial score (nSPS) is 11.4. The van der Waals surface area contributed by atoms with Crippen LogP contribution >= 0.6 is 0 Å². The van der Waals surface area contributed by atoms with Gasteiger partial charge in [-0.1, -0.05) is 194 Å². The summed E-state index contributed by atoms with van der Waals surface area (Å²) in [7, 11) is 0. The van der Waals surface area contributed by atoms with Gasteiger partial charge in [0, 0.05) is 33.5 Å². The maximum Gasteiger partial charge on any atom is 0.0541 e. The Labute approximate surface area is 373 Å². The molecule has 0 aliphatic rings. The summed E-state index contributed by atoms with van der Waals surface area (Å²) in [5.41, 5.74) is 16.5. The molecule has 0 aliphatic carbocycles. The molecule has 0 saturated carbocycles. The van der Waals surface area contributed by atoms with Crippen LogP contribution in [0.2, 0.25) is 0 Å². The third-order valence-corrected chi connectivity index (χ3v) is 12.8. The number of hydrogen-bond acceptors (Lipinski definition) is 1. The second-order valence-corrected chi connectivity index (χ2v) is 16.5. The molecule has 0 saturated heterocycles. The Balaban J connectivity index is 0.940. The van der Waals surface area contributed by atoms with Gasteiger partial charge in [0.15, 0.2) is 0 Å². The molecule has 300 valence electrons. The minimum Gasteiger partial charge on any atom is -0.311 e. The van der Waals surface area contributed by atoms with Crippen LogP contribution in [0.4, 0.5) is 17.1 Å². The van der Waals surface area contributed by atoms with Gasteiger partial charge in [0.1, 0.15) is 0 Å². The predicted molar refractivity (Wildman–Crippen MR) is 272 cm³/mol. The van der Waals surface area contributed by atoms with Gasteiger partial charge in [-0.2, -0.15) is 0 Å². The fourth-order valence-corrected chi connectivity index (χ4v) is 9.77. The third-order valence-electron chi connectivity index (χ3n) is 12.8. The highest BCUT2D eigenvalue weighted by Gasteiger charge is 2.17. The van der Waals surface area contributed by atoms with Crippen LogP contribution in [0.25, 0.3) is 93.5 Å². The van der Waals surface area contributed by atoms with Crippen LogP contribution in [-0.2, 0) is 0 Å². The van der Waals surface area contributed by atoms with E-state index in [-0.39, 0.29) is 0 Å². The van der Waals surface area contributed by atoms with Crippen molar-refractivity contribution < 1.29 is 0 Å². The average Bonchev–Trinajstić information content (AvgIpc) is 3.71. The summed E-state index contributed by atoms with van der Waals surface area (Å²) in [4.78, 5) is 2.37. The molecule has 0 radical (unpaired) electrons. The Morgan fingerprint density at radius 1 is 0.266 bits per heavy atom. The van der Waals surface area contributed by atoms with E-state index in [2.05, 4.69) is 264 Å². The topological polar surface area (TPSA) is 8.17 Å². The first-order chi connectivity index (χ1) is 31.7. The number of anilines is 3. The van der Waals surface area contributed by atoms with Crippen molar-refractivity contribution in [3.63, 3.8) is 0 Å². The molecule has 2 nitrogen and oxygen atoms in total. The van der Waals surface area contributed by atoms with E-state index in [1.165, 1.54) is 82.3 Å². The monoisotopic (exact) mass is 814 g/mol. The summed E-state index contributed by atoms with van der Waals surface area (Å²) in [6, 6.07) is 92.6. The van der Waals surface area contributed by atoms with Crippen molar-refractivity contribution in [2.75, 3.05) is 4.90 Å². The molecule has 64 heavy (non-hydrogen) atoms. The first-order valence-corrected chi connectivity index (χ1v) is 22.0. The molecule has 2 heteroatoms. The van der Waals surface area contributed by atoms with Gasteiger partial charge in [-0.05, 0) is 127 Å². The summed E-state index contributed by atoms with van der Waals surface area (Å²) in [6.07, 6.45) is 0. The lowest BCUT2D eigenvalue weighted by Gasteiger charge is -2.26. The van der Waals surface area contributed by atoms with Gasteiger partial charge in [-0.15, -0.1) is 0 Å². The Bertz CT molecular complexity index is 3570. The van der Waals surface area contributed by atoms with Crippen molar-refractivity contribution in [2.24, 2.45) is 0 Å². The summed E-state index contributed by atoms with van der Waals surface area (Å²) >= 11 is 0. The largest absolute Gasteiger partial charge is 0.311 e. The Morgan fingerprint density at radius 3 is 1.30 bits per heavy atom. The van der Waals surface area contributed by atoms with Crippen LogP contribution in [0.15, 0.2) is 255 Å². The van der Waals surface area contributed by atoms with Crippen LogP contribution in [0.3, 0.4) is 0 Å². The van der Waals surface area contributed by atoms with Gasteiger partial charge >= 0.3 is 0 Å². The summed E-state index contributed by atoms with van der Waals surface area (Å²) in [5.74, 6) is 0. The van der Waals surface area contributed by atoms with E-state index in [9.17, 15) is 0 Å². The molecule has 0 bridgehead atoms. The van der Waals surface area contributed by atoms with Crippen molar-refractivity contribution >= 4 is 60.4 Å². The molecule has 0 aliphatic heterocycles. The highest BCUT2D eigenvalue weighted by atomic mass is 15.1. The Kier molecular flexibility index (Phi) is 9.20. The quantitative estimate of drug-likeness (QED) is 0.148. The van der Waals surface area contributed by atoms with Crippen LogP contribution in [0.5, 0.6) is 0 Å². The van der Waals surface area contributed by atoms with Gasteiger partial charge in [-0.25, -0.2) is 0 Å². The molecule has 1 aromatic heterocycles. The molecule has 0 amide bonds. The second kappa shape index (κ2) is 15.8. The first kappa shape index (κ1) is 37.3. The van der Waals surface area contributed by atoms with E-state index in [1.807, 2.05) is 0 Å². The number of benzene rings is 11. The molecule has 0 atom stereocenters. The molecule has 1 heterocycles. The zero-order chi connectivity index (χ0) is 42.4. The number of para-hydroxylation sites is 2. The minimum absolute atomic E-state index is 1.09. The number of fused-ring (bicyclic) bond motifs is 5. The molecule has 0 fully saturated rings. The molecular weight excluding hydrogens is 773 g/mol. The summed E-state index contributed by atoms with van der Waals surface area (Å²) in [5, 5.41) is 7.53. The average molecular weight is 815 g/mol. The van der Waals surface area contributed by atoms with Crippen molar-refractivity contribution in [2.45, 2.75) is 0 Å². The maximum absolute atomic E-state index is 2.39. The minimum atomic E-state index is 1.09. The lowest BCUT2D eigenvalue weighted by atomic mass is 9.91. The highest BCUT2D eigenvalue weighted by molar-refractivity contribution is 6.09. The smallest absolute Gasteiger partial charge is 0.0541 e. The molecular formula is C62H42N2. The second-order valence-electron chi connectivity index (χ2n) is 16.5. The van der Waals surface area contributed by atoms with Crippen molar-refractivity contribution in [1.82, 2.24) is 4.57 Å².